The maximum atomic E-state index is 13.3. The molecule has 176 valence electrons. The van der Waals surface area contributed by atoms with Gasteiger partial charge in [0, 0.05) is 24.3 Å². The van der Waals surface area contributed by atoms with Crippen molar-refractivity contribution >= 4 is 17.6 Å². The van der Waals surface area contributed by atoms with Crippen LogP contribution in [0.15, 0.2) is 66.7 Å². The first kappa shape index (κ1) is 23.2. The predicted octanol–water partition coefficient (Wildman–Crippen LogP) is 4.57. The van der Waals surface area contributed by atoms with Crippen molar-refractivity contribution in [2.45, 2.75) is 19.4 Å². The fourth-order valence-corrected chi connectivity index (χ4v) is 4.20. The molecular formula is C27H29N3O4. The van der Waals surface area contributed by atoms with Gasteiger partial charge >= 0.3 is 6.03 Å². The van der Waals surface area contributed by atoms with E-state index in [4.69, 9.17) is 9.47 Å². The molecule has 2 N–H and O–H groups in total. The van der Waals surface area contributed by atoms with Crippen LogP contribution >= 0.6 is 0 Å². The van der Waals surface area contributed by atoms with E-state index in [1.807, 2.05) is 61.5 Å². The second-order valence-electron chi connectivity index (χ2n) is 8.24. The Labute approximate surface area is 199 Å². The van der Waals surface area contributed by atoms with Crippen LogP contribution in [0.3, 0.4) is 0 Å². The summed E-state index contributed by atoms with van der Waals surface area (Å²) in [6.07, 6.45) is 0.667. The van der Waals surface area contributed by atoms with Gasteiger partial charge in [0.25, 0.3) is 5.91 Å². The number of nitrogens with one attached hydrogen (secondary N) is 2. The molecule has 0 radical (unpaired) electrons. The van der Waals surface area contributed by atoms with E-state index in [0.29, 0.717) is 30.0 Å². The lowest BCUT2D eigenvalue weighted by molar-refractivity contribution is 0.0936. The second kappa shape index (κ2) is 10.3. The first-order chi connectivity index (χ1) is 16.5. The molecule has 0 saturated carbocycles. The van der Waals surface area contributed by atoms with Crippen LogP contribution in [0.4, 0.5) is 10.5 Å². The molecule has 1 heterocycles. The highest BCUT2D eigenvalue weighted by Gasteiger charge is 2.32. The normalized spacial score (nSPS) is 14.7. The zero-order chi connectivity index (χ0) is 24.1. The molecule has 4 rings (SSSR count). The largest absolute Gasteiger partial charge is 0.493 e. The molecule has 1 atom stereocenters. The minimum Gasteiger partial charge on any atom is -0.493 e. The Hall–Kier alpha value is -4.00. The number of carbonyl (C=O) groups is 2. The molecule has 7 nitrogen and oxygen atoms in total. The third kappa shape index (κ3) is 4.98. The minimum atomic E-state index is -0.373. The number of anilines is 1. The van der Waals surface area contributed by atoms with Crippen LogP contribution in [0.5, 0.6) is 11.5 Å². The van der Waals surface area contributed by atoms with Crippen molar-refractivity contribution in [1.82, 2.24) is 10.2 Å². The quantitative estimate of drug-likeness (QED) is 0.566. The van der Waals surface area contributed by atoms with Crippen LogP contribution in [0, 0.1) is 6.92 Å². The van der Waals surface area contributed by atoms with Crippen molar-refractivity contribution in [1.29, 1.82) is 0 Å². The molecule has 1 aliphatic rings. The number of fused-ring (bicyclic) bond motifs is 1. The number of hydrogen-bond donors (Lipinski definition) is 2. The van der Waals surface area contributed by atoms with Crippen molar-refractivity contribution in [2.75, 3.05) is 32.6 Å². The lowest BCUT2D eigenvalue weighted by Gasteiger charge is -2.38. The van der Waals surface area contributed by atoms with Gasteiger partial charge in [0.1, 0.15) is 0 Å². The predicted molar refractivity (Wildman–Crippen MR) is 132 cm³/mol. The van der Waals surface area contributed by atoms with E-state index in [2.05, 4.69) is 10.6 Å². The van der Waals surface area contributed by atoms with Crippen molar-refractivity contribution in [3.8, 4) is 11.5 Å². The van der Waals surface area contributed by atoms with Crippen molar-refractivity contribution < 1.29 is 19.1 Å². The summed E-state index contributed by atoms with van der Waals surface area (Å²) in [5.41, 5.74) is 4.40. The van der Waals surface area contributed by atoms with Crippen LogP contribution in [-0.2, 0) is 6.42 Å². The summed E-state index contributed by atoms with van der Waals surface area (Å²) in [4.78, 5) is 27.8. The standard InChI is InChI=1S/C27H29N3O4/c1-18-9-11-21(12-10-18)29-27(32)30-14-13-20-15-24(33-2)25(34-3)16-22(20)23(30)17-28-26(31)19-7-5-4-6-8-19/h4-12,15-16,23H,13-14,17H2,1-3H3,(H,28,31)(H,29,32). The van der Waals surface area contributed by atoms with Crippen LogP contribution in [0.1, 0.15) is 33.1 Å². The monoisotopic (exact) mass is 459 g/mol. The molecule has 0 saturated heterocycles. The number of ether oxygens (including phenoxy) is 2. The van der Waals surface area contributed by atoms with Gasteiger partial charge in [0.05, 0.1) is 20.3 Å². The Morgan fingerprint density at radius 3 is 2.32 bits per heavy atom. The molecule has 3 amide bonds. The number of hydrogen-bond acceptors (Lipinski definition) is 4. The third-order valence-corrected chi connectivity index (χ3v) is 6.06. The van der Waals surface area contributed by atoms with E-state index < -0.39 is 0 Å². The first-order valence-corrected chi connectivity index (χ1v) is 11.2. The molecule has 1 unspecified atom stereocenters. The van der Waals surface area contributed by atoms with E-state index in [-0.39, 0.29) is 24.5 Å². The van der Waals surface area contributed by atoms with Crippen LogP contribution in [0.25, 0.3) is 0 Å². The van der Waals surface area contributed by atoms with E-state index in [1.165, 1.54) is 0 Å². The van der Waals surface area contributed by atoms with Gasteiger partial charge in [0.15, 0.2) is 11.5 Å². The summed E-state index contributed by atoms with van der Waals surface area (Å²) in [6, 6.07) is 20.0. The maximum absolute atomic E-state index is 13.3. The van der Waals surface area contributed by atoms with Gasteiger partial charge in [0.2, 0.25) is 0 Å². The highest BCUT2D eigenvalue weighted by Crippen LogP contribution is 2.38. The smallest absolute Gasteiger partial charge is 0.322 e. The Balaban J connectivity index is 1.62. The summed E-state index contributed by atoms with van der Waals surface area (Å²) < 4.78 is 11.0. The summed E-state index contributed by atoms with van der Waals surface area (Å²) in [5.74, 6) is 1.04. The highest BCUT2D eigenvalue weighted by atomic mass is 16.5. The third-order valence-electron chi connectivity index (χ3n) is 6.06. The van der Waals surface area contributed by atoms with E-state index >= 15 is 0 Å². The topological polar surface area (TPSA) is 79.9 Å². The zero-order valence-corrected chi connectivity index (χ0v) is 19.6. The number of nitrogens with zero attached hydrogens (tertiary/aromatic N) is 1. The number of aryl methyl sites for hydroxylation is 1. The van der Waals surface area contributed by atoms with Gasteiger partial charge in [-0.2, -0.15) is 0 Å². The zero-order valence-electron chi connectivity index (χ0n) is 19.6. The molecule has 3 aromatic rings. The molecule has 0 spiro atoms. The molecule has 1 aliphatic heterocycles. The maximum Gasteiger partial charge on any atom is 0.322 e. The molecule has 0 fully saturated rings. The van der Waals surface area contributed by atoms with Crippen molar-refractivity contribution in [2.24, 2.45) is 0 Å². The number of urea groups is 1. The molecule has 34 heavy (non-hydrogen) atoms. The number of methoxy groups -OCH3 is 2. The Kier molecular flexibility index (Phi) is 7.01. The van der Waals surface area contributed by atoms with E-state index in [0.717, 1.165) is 22.4 Å². The number of amides is 3. The van der Waals surface area contributed by atoms with Crippen LogP contribution in [-0.4, -0.2) is 44.1 Å². The lowest BCUT2D eigenvalue weighted by Crippen LogP contribution is -2.46. The fraction of sp³-hybridized carbons (Fsp3) is 0.259. The van der Waals surface area contributed by atoms with Gasteiger partial charge < -0.3 is 25.0 Å². The van der Waals surface area contributed by atoms with Crippen LogP contribution in [0.2, 0.25) is 0 Å². The van der Waals surface area contributed by atoms with Crippen molar-refractivity contribution in [3.05, 3.63) is 89.0 Å². The van der Waals surface area contributed by atoms with Gasteiger partial charge in [-0.05, 0) is 60.9 Å². The van der Waals surface area contributed by atoms with Gasteiger partial charge in [-0.1, -0.05) is 35.9 Å². The average Bonchev–Trinajstić information content (AvgIpc) is 2.87. The molecule has 0 aromatic heterocycles. The Morgan fingerprint density at radius 2 is 1.65 bits per heavy atom. The molecular weight excluding hydrogens is 430 g/mol. The molecule has 3 aromatic carbocycles. The van der Waals surface area contributed by atoms with Crippen LogP contribution < -0.4 is 20.1 Å². The molecule has 0 bridgehead atoms. The van der Waals surface area contributed by atoms with E-state index in [9.17, 15) is 9.59 Å². The van der Waals surface area contributed by atoms with Gasteiger partial charge in [-0.25, -0.2) is 4.79 Å². The number of benzene rings is 3. The SMILES string of the molecule is COc1cc2c(cc1OC)C(CNC(=O)c1ccccc1)N(C(=O)Nc1ccc(C)cc1)CC2. The summed E-state index contributed by atoms with van der Waals surface area (Å²) in [6.45, 7) is 2.77. The Bertz CT molecular complexity index is 1160. The lowest BCUT2D eigenvalue weighted by atomic mass is 9.91. The summed E-state index contributed by atoms with van der Waals surface area (Å²) in [7, 11) is 3.19. The fourth-order valence-electron chi connectivity index (χ4n) is 4.20. The van der Waals surface area contributed by atoms with Crippen molar-refractivity contribution in [3.63, 3.8) is 0 Å². The Morgan fingerprint density at radius 1 is 0.971 bits per heavy atom. The molecule has 7 heteroatoms. The average molecular weight is 460 g/mol. The highest BCUT2D eigenvalue weighted by molar-refractivity contribution is 5.94. The second-order valence-corrected chi connectivity index (χ2v) is 8.24. The number of carbonyl (C=O) groups excluding carboxylic acids is 2. The van der Waals surface area contributed by atoms with Gasteiger partial charge in [-0.15, -0.1) is 0 Å². The molecule has 0 aliphatic carbocycles. The summed E-state index contributed by atoms with van der Waals surface area (Å²) in [5, 5.41) is 5.99. The first-order valence-electron chi connectivity index (χ1n) is 11.2. The minimum absolute atomic E-state index is 0.188. The summed E-state index contributed by atoms with van der Waals surface area (Å²) >= 11 is 0. The van der Waals surface area contributed by atoms with Gasteiger partial charge in [-0.3, -0.25) is 4.79 Å². The number of rotatable bonds is 6. The van der Waals surface area contributed by atoms with E-state index in [1.54, 1.807) is 31.3 Å².